The Morgan fingerprint density at radius 2 is 1.86 bits per heavy atom. The Labute approximate surface area is 119 Å². The van der Waals surface area contributed by atoms with Gasteiger partial charge in [0.25, 0.3) is 0 Å². The first-order valence-corrected chi connectivity index (χ1v) is 6.49. The van der Waals surface area contributed by atoms with Crippen molar-refractivity contribution in [1.29, 1.82) is 0 Å². The van der Waals surface area contributed by atoms with Gasteiger partial charge in [0, 0.05) is 11.8 Å². The molecule has 7 heteroatoms. The predicted molar refractivity (Wildman–Crippen MR) is 72.7 cm³/mol. The van der Waals surface area contributed by atoms with Crippen LogP contribution >= 0.6 is 0 Å². The Balaban J connectivity index is 1.73. The van der Waals surface area contributed by atoms with Gasteiger partial charge in [0.1, 0.15) is 18.2 Å². The molecule has 0 radical (unpaired) electrons. The normalized spacial score (nSPS) is 11.0. The highest BCUT2D eigenvalue weighted by atomic mass is 19.1. The lowest BCUT2D eigenvalue weighted by Crippen LogP contribution is -2.04. The van der Waals surface area contributed by atoms with E-state index in [0.29, 0.717) is 12.2 Å². The highest BCUT2D eigenvalue weighted by Gasteiger charge is 2.06. The molecule has 0 spiro atoms. The molecular weight excluding hydrogens is 276 g/mol. The molecule has 3 rings (SSSR count). The lowest BCUT2D eigenvalue weighted by molar-refractivity contribution is 0.425. The Bertz CT molecular complexity index is 717. The maximum atomic E-state index is 12.9. The Morgan fingerprint density at radius 3 is 2.62 bits per heavy atom. The molecular formula is C14H13F2N5. The lowest BCUT2D eigenvalue weighted by Gasteiger charge is -1.97. The van der Waals surface area contributed by atoms with Gasteiger partial charge in [-0.05, 0) is 30.3 Å². The summed E-state index contributed by atoms with van der Waals surface area (Å²) < 4.78 is 28.3. The van der Waals surface area contributed by atoms with E-state index in [2.05, 4.69) is 15.4 Å². The predicted octanol–water partition coefficient (Wildman–Crippen LogP) is 2.30. The highest BCUT2D eigenvalue weighted by Crippen LogP contribution is 2.16. The minimum absolute atomic E-state index is 0.248. The third kappa shape index (κ3) is 3.13. The molecule has 0 atom stereocenters. The van der Waals surface area contributed by atoms with Crippen molar-refractivity contribution in [3.05, 3.63) is 54.2 Å². The molecule has 0 bridgehead atoms. The van der Waals surface area contributed by atoms with E-state index in [4.69, 9.17) is 0 Å². The van der Waals surface area contributed by atoms with Crippen LogP contribution in [0, 0.1) is 5.82 Å². The zero-order valence-electron chi connectivity index (χ0n) is 11.2. The van der Waals surface area contributed by atoms with E-state index in [0.717, 1.165) is 11.3 Å². The summed E-state index contributed by atoms with van der Waals surface area (Å²) >= 11 is 0. The van der Waals surface area contributed by atoms with E-state index in [-0.39, 0.29) is 12.4 Å². The second kappa shape index (κ2) is 5.82. The summed E-state index contributed by atoms with van der Waals surface area (Å²) in [5, 5.41) is 12.3. The molecule has 5 nitrogen and oxygen atoms in total. The van der Waals surface area contributed by atoms with Gasteiger partial charge >= 0.3 is 0 Å². The van der Waals surface area contributed by atoms with Gasteiger partial charge in [-0.3, -0.25) is 4.68 Å². The minimum atomic E-state index is -0.445. The maximum absolute atomic E-state index is 12.9. The molecule has 0 fully saturated rings. The fourth-order valence-corrected chi connectivity index (χ4v) is 1.99. The molecule has 0 aliphatic carbocycles. The fourth-order valence-electron chi connectivity index (χ4n) is 1.99. The van der Waals surface area contributed by atoms with E-state index in [1.165, 1.54) is 12.1 Å². The van der Waals surface area contributed by atoms with Crippen LogP contribution in [0.3, 0.4) is 0 Å². The maximum Gasteiger partial charge on any atom is 0.123 e. The van der Waals surface area contributed by atoms with Crippen molar-refractivity contribution >= 4 is 0 Å². The number of nitrogens with zero attached hydrogens (tertiary/aromatic N) is 5. The number of hydrogen-bond donors (Lipinski definition) is 0. The van der Waals surface area contributed by atoms with Gasteiger partial charge in [0.05, 0.1) is 25.0 Å². The average molecular weight is 289 g/mol. The van der Waals surface area contributed by atoms with Crippen molar-refractivity contribution < 1.29 is 8.78 Å². The summed E-state index contributed by atoms with van der Waals surface area (Å²) in [6.45, 7) is 0.255. The van der Waals surface area contributed by atoms with E-state index < -0.39 is 6.67 Å². The largest absolute Gasteiger partial charge is 0.270 e. The average Bonchev–Trinajstić information content (AvgIpc) is 3.11. The smallest absolute Gasteiger partial charge is 0.123 e. The van der Waals surface area contributed by atoms with Crippen LogP contribution in [0.5, 0.6) is 0 Å². The van der Waals surface area contributed by atoms with Crippen molar-refractivity contribution in [2.45, 2.75) is 13.1 Å². The first-order valence-electron chi connectivity index (χ1n) is 6.49. The summed E-state index contributed by atoms with van der Waals surface area (Å²) in [4.78, 5) is 0. The number of aryl methyl sites for hydroxylation is 1. The summed E-state index contributed by atoms with van der Waals surface area (Å²) in [5.41, 5.74) is 2.24. The highest BCUT2D eigenvalue weighted by molar-refractivity contribution is 5.57. The molecule has 21 heavy (non-hydrogen) atoms. The van der Waals surface area contributed by atoms with Crippen molar-refractivity contribution in [2.75, 3.05) is 6.67 Å². The Hall–Kier alpha value is -2.57. The SMILES string of the molecule is FCCn1ccc(Cn2cc(-c3ccc(F)cc3)nn2)n1. The van der Waals surface area contributed by atoms with E-state index >= 15 is 0 Å². The second-order valence-electron chi connectivity index (χ2n) is 4.57. The Kier molecular flexibility index (Phi) is 3.72. The van der Waals surface area contributed by atoms with Crippen LogP contribution in [-0.2, 0) is 13.1 Å². The van der Waals surface area contributed by atoms with Crippen LogP contribution in [0.15, 0.2) is 42.7 Å². The molecule has 2 heterocycles. The van der Waals surface area contributed by atoms with Crippen molar-refractivity contribution in [1.82, 2.24) is 24.8 Å². The van der Waals surface area contributed by atoms with Crippen LogP contribution in [0.1, 0.15) is 5.69 Å². The number of rotatable bonds is 5. The minimum Gasteiger partial charge on any atom is -0.270 e. The van der Waals surface area contributed by atoms with Crippen LogP contribution in [-0.4, -0.2) is 31.4 Å². The molecule has 1 aromatic carbocycles. The van der Waals surface area contributed by atoms with E-state index in [9.17, 15) is 8.78 Å². The zero-order valence-corrected chi connectivity index (χ0v) is 11.2. The molecule has 0 saturated carbocycles. The van der Waals surface area contributed by atoms with Gasteiger partial charge in [-0.1, -0.05) is 5.21 Å². The summed E-state index contributed by atoms with van der Waals surface area (Å²) in [6.07, 6.45) is 3.49. The van der Waals surface area contributed by atoms with E-state index in [1.54, 1.807) is 33.9 Å². The lowest BCUT2D eigenvalue weighted by atomic mass is 10.2. The molecule has 108 valence electrons. The van der Waals surface area contributed by atoms with Crippen molar-refractivity contribution in [3.8, 4) is 11.3 Å². The standard InChI is InChI=1S/C14H13F2N5/c15-6-8-20-7-5-13(18-20)9-21-10-14(17-19-21)11-1-3-12(16)4-2-11/h1-5,7,10H,6,8-9H2. The molecule has 3 aromatic rings. The third-order valence-corrected chi connectivity index (χ3v) is 3.01. The summed E-state index contributed by atoms with van der Waals surface area (Å²) in [5.74, 6) is -0.287. The van der Waals surface area contributed by atoms with Crippen molar-refractivity contribution in [3.63, 3.8) is 0 Å². The van der Waals surface area contributed by atoms with E-state index in [1.807, 2.05) is 6.07 Å². The number of alkyl halides is 1. The molecule has 0 unspecified atom stereocenters. The van der Waals surface area contributed by atoms with Crippen LogP contribution in [0.2, 0.25) is 0 Å². The topological polar surface area (TPSA) is 48.5 Å². The molecule has 0 aliphatic heterocycles. The molecule has 0 N–H and O–H groups in total. The van der Waals surface area contributed by atoms with Crippen LogP contribution < -0.4 is 0 Å². The quantitative estimate of drug-likeness (QED) is 0.724. The van der Waals surface area contributed by atoms with Gasteiger partial charge < -0.3 is 0 Å². The number of halogens is 2. The van der Waals surface area contributed by atoms with Gasteiger partial charge in [-0.15, -0.1) is 5.10 Å². The van der Waals surface area contributed by atoms with Gasteiger partial charge in [-0.25, -0.2) is 13.5 Å². The molecule has 0 aliphatic rings. The van der Waals surface area contributed by atoms with Gasteiger partial charge in [0.15, 0.2) is 0 Å². The fraction of sp³-hybridized carbons (Fsp3) is 0.214. The summed E-state index contributed by atoms with van der Waals surface area (Å²) in [6, 6.07) is 7.88. The van der Waals surface area contributed by atoms with Crippen LogP contribution in [0.4, 0.5) is 8.78 Å². The first-order chi connectivity index (χ1) is 10.2. The molecule has 0 amide bonds. The molecule has 0 saturated heterocycles. The van der Waals surface area contributed by atoms with Crippen molar-refractivity contribution in [2.24, 2.45) is 0 Å². The summed E-state index contributed by atoms with van der Waals surface area (Å²) in [7, 11) is 0. The number of hydrogen-bond acceptors (Lipinski definition) is 3. The van der Waals surface area contributed by atoms with Gasteiger partial charge in [0.2, 0.25) is 0 Å². The zero-order chi connectivity index (χ0) is 14.7. The molecule has 2 aromatic heterocycles. The number of aromatic nitrogens is 5. The monoisotopic (exact) mass is 289 g/mol. The second-order valence-corrected chi connectivity index (χ2v) is 4.57. The van der Waals surface area contributed by atoms with Crippen LogP contribution in [0.25, 0.3) is 11.3 Å². The first kappa shape index (κ1) is 13.4. The third-order valence-electron chi connectivity index (χ3n) is 3.01. The number of benzene rings is 1. The van der Waals surface area contributed by atoms with Gasteiger partial charge in [-0.2, -0.15) is 5.10 Å². The Morgan fingerprint density at radius 1 is 1.05 bits per heavy atom.